The van der Waals surface area contributed by atoms with Gasteiger partial charge in [-0.15, -0.1) is 0 Å². The van der Waals surface area contributed by atoms with E-state index in [2.05, 4.69) is 32.2 Å². The van der Waals surface area contributed by atoms with Crippen LogP contribution in [-0.2, 0) is 0 Å². The highest BCUT2D eigenvalue weighted by Gasteiger charge is 2.36. The van der Waals surface area contributed by atoms with E-state index in [4.69, 9.17) is 21.1 Å². The minimum Gasteiger partial charge on any atom is -0.480 e. The van der Waals surface area contributed by atoms with Crippen molar-refractivity contribution in [1.29, 1.82) is 0 Å². The lowest BCUT2D eigenvalue weighted by Gasteiger charge is -2.37. The molecule has 0 saturated carbocycles. The van der Waals surface area contributed by atoms with Gasteiger partial charge in [0.2, 0.25) is 0 Å². The standard InChI is InChI=1S/C26H22ClF2NO2/c1-14-13-26(2,3)30-18-11-9-16-21-19(12-10-17(27)24(21)32-25(28)29)31-23(22(16)20(14)18)15-7-5-4-6-8-15/h4-13,23,25,30H,1-3H3. The van der Waals surface area contributed by atoms with Gasteiger partial charge in [0.1, 0.15) is 5.75 Å². The van der Waals surface area contributed by atoms with Crippen LogP contribution in [0.1, 0.15) is 43.6 Å². The molecule has 0 amide bonds. The van der Waals surface area contributed by atoms with Crippen molar-refractivity contribution in [2.45, 2.75) is 39.0 Å². The van der Waals surface area contributed by atoms with Gasteiger partial charge in [0, 0.05) is 16.8 Å². The molecule has 3 aromatic rings. The highest BCUT2D eigenvalue weighted by Crippen LogP contribution is 2.54. The Hall–Kier alpha value is -3.05. The number of rotatable bonds is 3. The average Bonchev–Trinajstić information content (AvgIpc) is 2.74. The van der Waals surface area contributed by atoms with Crippen LogP contribution in [0.15, 0.2) is 60.7 Å². The first-order valence-electron chi connectivity index (χ1n) is 10.4. The maximum atomic E-state index is 13.3. The molecule has 0 saturated heterocycles. The third kappa shape index (κ3) is 3.41. The molecule has 0 spiro atoms. The molecule has 3 nitrogen and oxygen atoms in total. The van der Waals surface area contributed by atoms with Crippen LogP contribution >= 0.6 is 11.6 Å². The molecule has 3 aromatic carbocycles. The summed E-state index contributed by atoms with van der Waals surface area (Å²) in [5.74, 6) is 0.384. The van der Waals surface area contributed by atoms with Gasteiger partial charge in [0.15, 0.2) is 11.9 Å². The fourth-order valence-electron chi connectivity index (χ4n) is 4.78. The van der Waals surface area contributed by atoms with Crippen LogP contribution in [0.4, 0.5) is 14.5 Å². The minimum atomic E-state index is -3.00. The van der Waals surface area contributed by atoms with Crippen molar-refractivity contribution in [2.24, 2.45) is 0 Å². The zero-order valence-corrected chi connectivity index (χ0v) is 18.6. The molecule has 0 bridgehead atoms. The fourth-order valence-corrected chi connectivity index (χ4v) is 4.98. The molecule has 2 heterocycles. The molecule has 164 valence electrons. The lowest BCUT2D eigenvalue weighted by atomic mass is 9.80. The zero-order valence-electron chi connectivity index (χ0n) is 17.9. The van der Waals surface area contributed by atoms with Gasteiger partial charge in [-0.3, -0.25) is 0 Å². The van der Waals surface area contributed by atoms with Crippen molar-refractivity contribution in [3.8, 4) is 22.6 Å². The summed E-state index contributed by atoms with van der Waals surface area (Å²) in [6, 6.07) is 17.0. The van der Waals surface area contributed by atoms with Gasteiger partial charge < -0.3 is 14.8 Å². The van der Waals surface area contributed by atoms with Crippen molar-refractivity contribution >= 4 is 22.9 Å². The van der Waals surface area contributed by atoms with Gasteiger partial charge in [0.05, 0.1) is 16.1 Å². The van der Waals surface area contributed by atoms with Crippen molar-refractivity contribution in [2.75, 3.05) is 5.32 Å². The molecule has 0 aliphatic carbocycles. The number of nitrogens with one attached hydrogen (secondary N) is 1. The molecule has 32 heavy (non-hydrogen) atoms. The molecule has 1 N–H and O–H groups in total. The number of hydrogen-bond acceptors (Lipinski definition) is 3. The van der Waals surface area contributed by atoms with Crippen LogP contribution in [0, 0.1) is 0 Å². The molecular formula is C26H22ClF2NO2. The topological polar surface area (TPSA) is 30.5 Å². The zero-order chi connectivity index (χ0) is 22.6. The first-order valence-corrected chi connectivity index (χ1v) is 10.8. The maximum absolute atomic E-state index is 13.3. The lowest BCUT2D eigenvalue weighted by molar-refractivity contribution is -0.0495. The summed E-state index contributed by atoms with van der Waals surface area (Å²) < 4.78 is 37.9. The molecule has 5 rings (SSSR count). The van der Waals surface area contributed by atoms with Crippen molar-refractivity contribution in [3.05, 3.63) is 82.4 Å². The molecule has 1 unspecified atom stereocenters. The predicted octanol–water partition coefficient (Wildman–Crippen LogP) is 7.70. The number of hydrogen-bond donors (Lipinski definition) is 1. The number of alkyl halides is 2. The maximum Gasteiger partial charge on any atom is 0.387 e. The normalized spacial score (nSPS) is 18.0. The average molecular weight is 454 g/mol. The molecule has 2 aliphatic heterocycles. The second kappa shape index (κ2) is 7.52. The number of ether oxygens (including phenoxy) is 2. The summed E-state index contributed by atoms with van der Waals surface area (Å²) in [5, 5.41) is 3.67. The van der Waals surface area contributed by atoms with Crippen molar-refractivity contribution < 1.29 is 18.3 Å². The largest absolute Gasteiger partial charge is 0.480 e. The SMILES string of the molecule is CC1=CC(C)(C)Nc2ccc3c(c21)C(c1ccccc1)Oc1ccc(Cl)c(OC(F)F)c1-3. The van der Waals surface area contributed by atoms with E-state index < -0.39 is 12.7 Å². The molecule has 0 radical (unpaired) electrons. The van der Waals surface area contributed by atoms with Gasteiger partial charge in [-0.25, -0.2) is 0 Å². The second-order valence-corrected chi connectivity index (χ2v) is 9.07. The summed E-state index contributed by atoms with van der Waals surface area (Å²) in [6.07, 6.45) is 1.75. The Labute approximate surface area is 190 Å². The van der Waals surface area contributed by atoms with Crippen LogP contribution < -0.4 is 14.8 Å². The number of fused-ring (bicyclic) bond motifs is 5. The summed E-state index contributed by atoms with van der Waals surface area (Å²) in [5.41, 5.74) is 5.94. The molecule has 6 heteroatoms. The quantitative estimate of drug-likeness (QED) is 0.440. The minimum absolute atomic E-state index is 0.0717. The Bertz CT molecular complexity index is 1240. The van der Waals surface area contributed by atoms with Crippen LogP contribution in [0.25, 0.3) is 16.7 Å². The third-order valence-corrected chi connectivity index (χ3v) is 6.13. The number of benzene rings is 3. The van der Waals surface area contributed by atoms with Crippen LogP contribution in [0.2, 0.25) is 5.02 Å². The summed E-state index contributed by atoms with van der Waals surface area (Å²) in [6.45, 7) is 3.27. The molecule has 0 fully saturated rings. The lowest BCUT2D eigenvalue weighted by Crippen LogP contribution is -2.32. The van der Waals surface area contributed by atoms with Gasteiger partial charge in [-0.2, -0.15) is 8.78 Å². The Balaban J connectivity index is 1.83. The summed E-state index contributed by atoms with van der Waals surface area (Å²) in [4.78, 5) is 0. The molecule has 1 atom stereocenters. The Morgan fingerprint density at radius 1 is 1.03 bits per heavy atom. The van der Waals surface area contributed by atoms with E-state index in [1.165, 1.54) is 6.07 Å². The Kier molecular flexibility index (Phi) is 4.90. The van der Waals surface area contributed by atoms with E-state index in [1.54, 1.807) is 6.07 Å². The Morgan fingerprint density at radius 3 is 2.50 bits per heavy atom. The van der Waals surface area contributed by atoms with Crippen LogP contribution in [-0.4, -0.2) is 12.2 Å². The molecular weight excluding hydrogens is 432 g/mol. The second-order valence-electron chi connectivity index (χ2n) is 8.66. The van der Waals surface area contributed by atoms with Gasteiger partial charge in [0.25, 0.3) is 0 Å². The molecule has 0 aromatic heterocycles. The van der Waals surface area contributed by atoms with Gasteiger partial charge >= 0.3 is 6.61 Å². The number of anilines is 1. The molecule has 2 aliphatic rings. The Morgan fingerprint density at radius 2 is 1.78 bits per heavy atom. The first kappa shape index (κ1) is 20.8. The van der Waals surface area contributed by atoms with E-state index in [1.807, 2.05) is 42.5 Å². The van der Waals surface area contributed by atoms with Gasteiger partial charge in [-0.05, 0) is 55.7 Å². The highest BCUT2D eigenvalue weighted by molar-refractivity contribution is 6.32. The fraction of sp³-hybridized carbons (Fsp3) is 0.231. The number of halogens is 3. The monoisotopic (exact) mass is 453 g/mol. The third-order valence-electron chi connectivity index (χ3n) is 5.83. The van der Waals surface area contributed by atoms with E-state index >= 15 is 0 Å². The van der Waals surface area contributed by atoms with Gasteiger partial charge in [-0.1, -0.05) is 54.1 Å². The van der Waals surface area contributed by atoms with Crippen LogP contribution in [0.5, 0.6) is 11.5 Å². The predicted molar refractivity (Wildman–Crippen MR) is 124 cm³/mol. The highest BCUT2D eigenvalue weighted by atomic mass is 35.5. The number of allylic oxidation sites excluding steroid dienone is 1. The van der Waals surface area contributed by atoms with E-state index in [9.17, 15) is 8.78 Å². The van der Waals surface area contributed by atoms with Crippen molar-refractivity contribution in [3.63, 3.8) is 0 Å². The first-order chi connectivity index (χ1) is 15.2. The van der Waals surface area contributed by atoms with E-state index in [0.29, 0.717) is 11.3 Å². The van der Waals surface area contributed by atoms with E-state index in [-0.39, 0.29) is 16.3 Å². The summed E-state index contributed by atoms with van der Waals surface area (Å²) in [7, 11) is 0. The summed E-state index contributed by atoms with van der Waals surface area (Å²) >= 11 is 6.30. The van der Waals surface area contributed by atoms with E-state index in [0.717, 1.165) is 33.5 Å². The van der Waals surface area contributed by atoms with Crippen molar-refractivity contribution in [1.82, 2.24) is 0 Å². The smallest absolute Gasteiger partial charge is 0.387 e. The van der Waals surface area contributed by atoms with Crippen LogP contribution in [0.3, 0.4) is 0 Å².